The fraction of sp³-hybridized carbons (Fsp3) is 0.235. The van der Waals surface area contributed by atoms with E-state index >= 15 is 0 Å². The van der Waals surface area contributed by atoms with Crippen molar-refractivity contribution in [2.75, 3.05) is 6.61 Å². The van der Waals surface area contributed by atoms with Crippen LogP contribution < -0.4 is 10.4 Å². The minimum absolute atomic E-state index is 0.426. The van der Waals surface area contributed by atoms with Gasteiger partial charge in [-0.1, -0.05) is 35.3 Å². The predicted octanol–water partition coefficient (Wildman–Crippen LogP) is 4.33. The third kappa shape index (κ3) is 3.09. The van der Waals surface area contributed by atoms with E-state index in [9.17, 15) is 0 Å². The standard InChI is InChI=1S/C17H17Cl2N3O/c1-2-21-14-5-3-4-6-15(14)22(17(21)20)9-10-23-16-8-7-12(18)11-13(16)19/h3-8,11,20H,2,9-10H2,1H3. The minimum atomic E-state index is 0.426. The number of hydrogen-bond donors (Lipinski definition) is 1. The van der Waals surface area contributed by atoms with Gasteiger partial charge in [-0.3, -0.25) is 5.41 Å². The Morgan fingerprint density at radius 1 is 1.04 bits per heavy atom. The molecule has 3 rings (SSSR count). The summed E-state index contributed by atoms with van der Waals surface area (Å²) in [7, 11) is 0. The number of fused-ring (bicyclic) bond motifs is 1. The third-order valence-electron chi connectivity index (χ3n) is 3.76. The number of aryl methyl sites for hydroxylation is 1. The van der Waals surface area contributed by atoms with Gasteiger partial charge in [-0.2, -0.15) is 0 Å². The van der Waals surface area contributed by atoms with Gasteiger partial charge in [0, 0.05) is 11.6 Å². The number of halogens is 2. The Labute approximate surface area is 144 Å². The fourth-order valence-corrected chi connectivity index (χ4v) is 3.14. The number of nitrogens with zero attached hydrogens (tertiary/aromatic N) is 2. The number of ether oxygens (including phenoxy) is 1. The summed E-state index contributed by atoms with van der Waals surface area (Å²) in [4.78, 5) is 0. The summed E-state index contributed by atoms with van der Waals surface area (Å²) in [6.07, 6.45) is 0. The SMILES string of the molecule is CCn1c(=N)n(CCOc2ccc(Cl)cc2Cl)c2ccccc21. The molecule has 3 aromatic rings. The normalized spacial score (nSPS) is 11.1. The number of nitrogens with one attached hydrogen (secondary N) is 1. The van der Waals surface area contributed by atoms with Crippen LogP contribution >= 0.6 is 23.2 Å². The molecule has 1 aromatic heterocycles. The largest absolute Gasteiger partial charge is 0.490 e. The Morgan fingerprint density at radius 3 is 2.39 bits per heavy atom. The highest BCUT2D eigenvalue weighted by Crippen LogP contribution is 2.27. The molecule has 0 saturated carbocycles. The van der Waals surface area contributed by atoms with Crippen molar-refractivity contribution in [3.63, 3.8) is 0 Å². The van der Waals surface area contributed by atoms with Crippen LogP contribution in [0.25, 0.3) is 11.0 Å². The second kappa shape index (κ2) is 6.69. The Balaban J connectivity index is 1.82. The molecule has 0 aliphatic rings. The first-order valence-corrected chi connectivity index (χ1v) is 8.18. The lowest BCUT2D eigenvalue weighted by atomic mass is 10.3. The molecule has 0 aliphatic carbocycles. The van der Waals surface area contributed by atoms with E-state index in [0.29, 0.717) is 34.6 Å². The molecule has 0 bridgehead atoms. The molecule has 0 amide bonds. The van der Waals surface area contributed by atoms with Crippen LogP contribution in [0.1, 0.15) is 6.92 Å². The molecule has 0 spiro atoms. The molecule has 6 heteroatoms. The van der Waals surface area contributed by atoms with Gasteiger partial charge in [0.2, 0.25) is 5.62 Å². The van der Waals surface area contributed by atoms with Crippen molar-refractivity contribution in [1.82, 2.24) is 9.13 Å². The molecule has 0 fully saturated rings. The number of hydrogen-bond acceptors (Lipinski definition) is 2. The molecule has 23 heavy (non-hydrogen) atoms. The van der Waals surface area contributed by atoms with Gasteiger partial charge in [0.05, 0.1) is 22.6 Å². The average Bonchev–Trinajstić information content (AvgIpc) is 2.81. The number of benzene rings is 2. The highest BCUT2D eigenvalue weighted by atomic mass is 35.5. The maximum absolute atomic E-state index is 8.36. The summed E-state index contributed by atoms with van der Waals surface area (Å²) in [5, 5.41) is 9.43. The monoisotopic (exact) mass is 349 g/mol. The Bertz CT molecular complexity index is 898. The minimum Gasteiger partial charge on any atom is -0.490 e. The van der Waals surface area contributed by atoms with Crippen molar-refractivity contribution in [1.29, 1.82) is 5.41 Å². The lowest BCUT2D eigenvalue weighted by Gasteiger charge is -2.09. The molecule has 1 heterocycles. The zero-order chi connectivity index (χ0) is 16.4. The summed E-state index contributed by atoms with van der Waals surface area (Å²) in [6, 6.07) is 13.2. The van der Waals surface area contributed by atoms with Crippen molar-refractivity contribution in [3.05, 3.63) is 58.1 Å². The van der Waals surface area contributed by atoms with E-state index < -0.39 is 0 Å². The van der Waals surface area contributed by atoms with Gasteiger partial charge >= 0.3 is 0 Å². The van der Waals surface area contributed by atoms with Gasteiger partial charge in [-0.15, -0.1) is 0 Å². The molecule has 0 aliphatic heterocycles. The molecule has 1 N–H and O–H groups in total. The second-order valence-electron chi connectivity index (χ2n) is 5.13. The Kier molecular flexibility index (Phi) is 4.64. The quantitative estimate of drug-likeness (QED) is 0.731. The van der Waals surface area contributed by atoms with Crippen LogP contribution in [0.2, 0.25) is 10.0 Å². The molecular formula is C17H17Cl2N3O. The molecular weight excluding hydrogens is 333 g/mol. The van der Waals surface area contributed by atoms with Crippen LogP contribution in [0, 0.1) is 5.41 Å². The van der Waals surface area contributed by atoms with E-state index in [-0.39, 0.29) is 0 Å². The highest BCUT2D eigenvalue weighted by molar-refractivity contribution is 6.35. The zero-order valence-electron chi connectivity index (χ0n) is 12.7. The van der Waals surface area contributed by atoms with Gasteiger partial charge in [-0.05, 0) is 37.3 Å². The van der Waals surface area contributed by atoms with Crippen LogP contribution in [0.3, 0.4) is 0 Å². The second-order valence-corrected chi connectivity index (χ2v) is 5.98. The molecule has 2 aromatic carbocycles. The van der Waals surface area contributed by atoms with Crippen molar-refractivity contribution < 1.29 is 4.74 Å². The van der Waals surface area contributed by atoms with E-state index in [0.717, 1.165) is 17.6 Å². The van der Waals surface area contributed by atoms with E-state index in [1.165, 1.54) is 0 Å². The van der Waals surface area contributed by atoms with Gasteiger partial charge < -0.3 is 13.9 Å². The first-order valence-electron chi connectivity index (χ1n) is 7.42. The predicted molar refractivity (Wildman–Crippen MR) is 93.4 cm³/mol. The van der Waals surface area contributed by atoms with E-state index in [1.54, 1.807) is 18.2 Å². The first-order chi connectivity index (χ1) is 11.1. The third-order valence-corrected chi connectivity index (χ3v) is 4.29. The lowest BCUT2D eigenvalue weighted by Crippen LogP contribution is -2.26. The maximum Gasteiger partial charge on any atom is 0.203 e. The van der Waals surface area contributed by atoms with Gasteiger partial charge in [0.15, 0.2) is 0 Å². The van der Waals surface area contributed by atoms with Crippen LogP contribution in [0.15, 0.2) is 42.5 Å². The summed E-state index contributed by atoms with van der Waals surface area (Å²) in [5.74, 6) is 0.599. The van der Waals surface area contributed by atoms with Crippen molar-refractivity contribution in [2.24, 2.45) is 0 Å². The van der Waals surface area contributed by atoms with Gasteiger partial charge in [-0.25, -0.2) is 0 Å². The molecule has 0 saturated heterocycles. The van der Waals surface area contributed by atoms with E-state index in [1.807, 2.05) is 40.3 Å². The van der Waals surface area contributed by atoms with Crippen LogP contribution in [-0.4, -0.2) is 15.7 Å². The van der Waals surface area contributed by atoms with Crippen molar-refractivity contribution in [2.45, 2.75) is 20.0 Å². The van der Waals surface area contributed by atoms with Gasteiger partial charge in [0.1, 0.15) is 12.4 Å². The maximum atomic E-state index is 8.36. The summed E-state index contributed by atoms with van der Waals surface area (Å²) in [6.45, 7) is 3.80. The lowest BCUT2D eigenvalue weighted by molar-refractivity contribution is 0.297. The Morgan fingerprint density at radius 2 is 1.74 bits per heavy atom. The topological polar surface area (TPSA) is 42.9 Å². The average molecular weight is 350 g/mol. The number of imidazole rings is 1. The highest BCUT2D eigenvalue weighted by Gasteiger charge is 2.09. The smallest absolute Gasteiger partial charge is 0.203 e. The van der Waals surface area contributed by atoms with Crippen LogP contribution in [-0.2, 0) is 13.1 Å². The van der Waals surface area contributed by atoms with Gasteiger partial charge in [0.25, 0.3) is 0 Å². The van der Waals surface area contributed by atoms with Crippen LogP contribution in [0.4, 0.5) is 0 Å². The molecule has 0 radical (unpaired) electrons. The fourth-order valence-electron chi connectivity index (χ4n) is 2.68. The molecule has 4 nitrogen and oxygen atoms in total. The zero-order valence-corrected chi connectivity index (χ0v) is 14.2. The molecule has 0 unspecified atom stereocenters. The van der Waals surface area contributed by atoms with Crippen molar-refractivity contribution in [3.8, 4) is 5.75 Å². The van der Waals surface area contributed by atoms with Crippen LogP contribution in [0.5, 0.6) is 5.75 Å². The summed E-state index contributed by atoms with van der Waals surface area (Å²) >= 11 is 12.0. The van der Waals surface area contributed by atoms with Crippen molar-refractivity contribution >= 4 is 34.2 Å². The van der Waals surface area contributed by atoms with E-state index in [2.05, 4.69) is 0 Å². The number of rotatable bonds is 5. The Hall–Kier alpha value is -1.91. The molecule has 120 valence electrons. The molecule has 0 atom stereocenters. The first kappa shape index (κ1) is 16.0. The number of para-hydroxylation sites is 2. The number of aromatic nitrogens is 2. The van der Waals surface area contributed by atoms with E-state index in [4.69, 9.17) is 33.3 Å². The summed E-state index contributed by atoms with van der Waals surface area (Å²) in [5.41, 5.74) is 2.56. The summed E-state index contributed by atoms with van der Waals surface area (Å²) < 4.78 is 9.66.